The highest BCUT2D eigenvalue weighted by molar-refractivity contribution is 5.63. The lowest BCUT2D eigenvalue weighted by Gasteiger charge is -2.42. The average Bonchev–Trinajstić information content (AvgIpc) is 2.75. The number of benzene rings is 1. The van der Waals surface area contributed by atoms with E-state index in [1.165, 1.54) is 80.3 Å². The molecule has 1 saturated heterocycles. The Morgan fingerprint density at radius 2 is 1.53 bits per heavy atom. The van der Waals surface area contributed by atoms with Crippen molar-refractivity contribution >= 4 is 0 Å². The number of rotatable bonds is 2. The van der Waals surface area contributed by atoms with Gasteiger partial charge in [0.2, 0.25) is 0 Å². The Labute approximate surface area is 183 Å². The molecule has 1 aliphatic carbocycles. The van der Waals surface area contributed by atoms with Crippen LogP contribution in [0.3, 0.4) is 0 Å². The molecule has 2 heterocycles. The predicted molar refractivity (Wildman–Crippen MR) is 128 cm³/mol. The van der Waals surface area contributed by atoms with Crippen molar-refractivity contribution in [1.82, 2.24) is 10.3 Å². The van der Waals surface area contributed by atoms with Crippen LogP contribution in [-0.4, -0.2) is 18.1 Å². The molecule has 1 aromatic heterocycles. The van der Waals surface area contributed by atoms with Crippen molar-refractivity contribution in [3.63, 3.8) is 0 Å². The average molecular weight is 405 g/mol. The fraction of sp³-hybridized carbons (Fsp3) is 0.607. The molecule has 0 amide bonds. The zero-order chi connectivity index (χ0) is 21.2. The highest BCUT2D eigenvalue weighted by Gasteiger charge is 2.37. The van der Waals surface area contributed by atoms with Crippen LogP contribution in [0.2, 0.25) is 0 Å². The standard InChI is InChI=1S/C28H40N2/c1-27(2)16-17-28(3,4)24-20-22(14-15-23(24)27)26-13-8-12-25(30-26)21-10-6-5-7-18-29-19-9-11-21/h8,12-15,20-21,29H,5-7,9-11,16-19H2,1-4H3. The monoisotopic (exact) mass is 404 g/mol. The van der Waals surface area contributed by atoms with Crippen LogP contribution in [0.1, 0.15) is 102 Å². The second kappa shape index (κ2) is 8.83. The summed E-state index contributed by atoms with van der Waals surface area (Å²) in [5, 5.41) is 3.59. The molecule has 2 aromatic rings. The molecule has 0 bridgehead atoms. The van der Waals surface area contributed by atoms with Crippen molar-refractivity contribution < 1.29 is 0 Å². The molecule has 1 unspecified atom stereocenters. The Morgan fingerprint density at radius 1 is 0.800 bits per heavy atom. The van der Waals surface area contributed by atoms with Gasteiger partial charge in [-0.3, -0.25) is 4.98 Å². The second-order valence-electron chi connectivity index (χ2n) is 10.9. The van der Waals surface area contributed by atoms with Crippen LogP contribution in [-0.2, 0) is 10.8 Å². The van der Waals surface area contributed by atoms with E-state index in [0.29, 0.717) is 5.92 Å². The van der Waals surface area contributed by atoms with Crippen molar-refractivity contribution in [2.45, 2.75) is 95.8 Å². The minimum Gasteiger partial charge on any atom is -0.317 e. The molecule has 0 saturated carbocycles. The number of pyridine rings is 1. The Kier molecular flexibility index (Phi) is 6.34. The lowest BCUT2D eigenvalue weighted by molar-refractivity contribution is 0.332. The molecule has 4 rings (SSSR count). The van der Waals surface area contributed by atoms with E-state index in [1.807, 2.05) is 0 Å². The highest BCUT2D eigenvalue weighted by Crippen LogP contribution is 2.46. The van der Waals surface area contributed by atoms with Crippen LogP contribution < -0.4 is 5.32 Å². The summed E-state index contributed by atoms with van der Waals surface area (Å²) in [5.41, 5.74) is 7.27. The smallest absolute Gasteiger partial charge is 0.0705 e. The fourth-order valence-electron chi connectivity index (χ4n) is 5.44. The summed E-state index contributed by atoms with van der Waals surface area (Å²) in [7, 11) is 0. The molecule has 1 fully saturated rings. The van der Waals surface area contributed by atoms with E-state index in [2.05, 4.69) is 69.4 Å². The van der Waals surface area contributed by atoms with Gasteiger partial charge in [0.1, 0.15) is 0 Å². The molecular weight excluding hydrogens is 364 g/mol. The number of nitrogens with zero attached hydrogens (tertiary/aromatic N) is 1. The van der Waals surface area contributed by atoms with Gasteiger partial charge in [0.05, 0.1) is 5.69 Å². The molecule has 1 aliphatic heterocycles. The van der Waals surface area contributed by atoms with Crippen LogP contribution in [0.5, 0.6) is 0 Å². The van der Waals surface area contributed by atoms with E-state index in [1.54, 1.807) is 0 Å². The van der Waals surface area contributed by atoms with E-state index in [0.717, 1.165) is 12.2 Å². The zero-order valence-electron chi connectivity index (χ0n) is 19.6. The Morgan fingerprint density at radius 3 is 2.37 bits per heavy atom. The number of fused-ring (bicyclic) bond motifs is 1. The van der Waals surface area contributed by atoms with Gasteiger partial charge in [-0.05, 0) is 91.8 Å². The Balaban J connectivity index is 1.64. The first-order valence-electron chi connectivity index (χ1n) is 12.2. The molecule has 30 heavy (non-hydrogen) atoms. The quantitative estimate of drug-likeness (QED) is 0.576. The van der Waals surface area contributed by atoms with Gasteiger partial charge >= 0.3 is 0 Å². The third kappa shape index (κ3) is 4.64. The first-order chi connectivity index (χ1) is 14.4. The minimum absolute atomic E-state index is 0.238. The van der Waals surface area contributed by atoms with E-state index in [9.17, 15) is 0 Å². The van der Waals surface area contributed by atoms with Crippen LogP contribution in [0.4, 0.5) is 0 Å². The third-order valence-electron chi connectivity index (χ3n) is 7.65. The van der Waals surface area contributed by atoms with Gasteiger partial charge in [0.15, 0.2) is 0 Å². The van der Waals surface area contributed by atoms with E-state index >= 15 is 0 Å². The molecule has 0 radical (unpaired) electrons. The predicted octanol–water partition coefficient (Wildman–Crippen LogP) is 7.13. The highest BCUT2D eigenvalue weighted by atomic mass is 14.8. The molecule has 162 valence electrons. The first-order valence-corrected chi connectivity index (χ1v) is 12.2. The summed E-state index contributed by atoms with van der Waals surface area (Å²) >= 11 is 0. The van der Waals surface area contributed by atoms with Crippen molar-refractivity contribution in [3.05, 3.63) is 53.2 Å². The van der Waals surface area contributed by atoms with Crippen LogP contribution in [0.15, 0.2) is 36.4 Å². The Bertz CT molecular complexity index is 855. The summed E-state index contributed by atoms with van der Waals surface area (Å²) in [5.74, 6) is 0.595. The fourth-order valence-corrected chi connectivity index (χ4v) is 5.44. The molecule has 2 aliphatic rings. The van der Waals surface area contributed by atoms with Crippen LogP contribution in [0.25, 0.3) is 11.3 Å². The maximum atomic E-state index is 5.21. The zero-order valence-corrected chi connectivity index (χ0v) is 19.6. The lowest BCUT2D eigenvalue weighted by atomic mass is 9.63. The normalized spacial score (nSPS) is 24.1. The topological polar surface area (TPSA) is 24.9 Å². The molecular formula is C28H40N2. The van der Waals surface area contributed by atoms with E-state index in [-0.39, 0.29) is 10.8 Å². The van der Waals surface area contributed by atoms with Gasteiger partial charge in [-0.1, -0.05) is 58.7 Å². The second-order valence-corrected chi connectivity index (χ2v) is 10.9. The van der Waals surface area contributed by atoms with Crippen LogP contribution >= 0.6 is 0 Å². The summed E-state index contributed by atoms with van der Waals surface area (Å²) in [6.45, 7) is 11.9. The summed E-state index contributed by atoms with van der Waals surface area (Å²) < 4.78 is 0. The largest absolute Gasteiger partial charge is 0.317 e. The van der Waals surface area contributed by atoms with Crippen molar-refractivity contribution in [3.8, 4) is 11.3 Å². The summed E-state index contributed by atoms with van der Waals surface area (Å²) in [6.07, 6.45) is 10.2. The Hall–Kier alpha value is -1.67. The number of aromatic nitrogens is 1. The minimum atomic E-state index is 0.238. The number of hydrogen-bond acceptors (Lipinski definition) is 2. The molecule has 1 N–H and O–H groups in total. The number of nitrogens with one attached hydrogen (secondary N) is 1. The van der Waals surface area contributed by atoms with Crippen molar-refractivity contribution in [2.24, 2.45) is 0 Å². The molecule has 0 spiro atoms. The lowest BCUT2D eigenvalue weighted by Crippen LogP contribution is -2.33. The first kappa shape index (κ1) is 21.6. The maximum absolute atomic E-state index is 5.21. The maximum Gasteiger partial charge on any atom is 0.0705 e. The van der Waals surface area contributed by atoms with E-state index in [4.69, 9.17) is 4.98 Å². The van der Waals surface area contributed by atoms with Crippen molar-refractivity contribution in [1.29, 1.82) is 0 Å². The van der Waals surface area contributed by atoms with Gasteiger partial charge in [-0.15, -0.1) is 0 Å². The van der Waals surface area contributed by atoms with Crippen molar-refractivity contribution in [2.75, 3.05) is 13.1 Å². The van der Waals surface area contributed by atoms with Gasteiger partial charge in [-0.2, -0.15) is 0 Å². The molecule has 1 atom stereocenters. The van der Waals surface area contributed by atoms with Gasteiger partial charge in [-0.25, -0.2) is 0 Å². The summed E-state index contributed by atoms with van der Waals surface area (Å²) in [6, 6.07) is 13.8. The molecule has 2 heteroatoms. The SMILES string of the molecule is CC1(C)CCC(C)(C)c2cc(-c3cccc(C4CCCCCNCCC4)n3)ccc21. The third-order valence-corrected chi connectivity index (χ3v) is 7.65. The molecule has 1 aromatic carbocycles. The van der Waals surface area contributed by atoms with Crippen LogP contribution in [0, 0.1) is 0 Å². The molecule has 2 nitrogen and oxygen atoms in total. The van der Waals surface area contributed by atoms with Gasteiger partial charge in [0.25, 0.3) is 0 Å². The van der Waals surface area contributed by atoms with Gasteiger partial charge < -0.3 is 5.32 Å². The number of hydrogen-bond donors (Lipinski definition) is 1. The van der Waals surface area contributed by atoms with Gasteiger partial charge in [0, 0.05) is 17.2 Å². The summed E-state index contributed by atoms with van der Waals surface area (Å²) in [4.78, 5) is 5.21. The van der Waals surface area contributed by atoms with E-state index < -0.39 is 0 Å².